The molecule has 1 N–H and O–H groups in total. The van der Waals surface area contributed by atoms with Crippen molar-refractivity contribution in [3.8, 4) is 5.69 Å². The van der Waals surface area contributed by atoms with E-state index in [-0.39, 0.29) is 0 Å². The van der Waals surface area contributed by atoms with Gasteiger partial charge in [0.05, 0.1) is 11.2 Å². The SMILES string of the molecule is CCNc1cc(-n2nnc3ccccc32)ccn1. The van der Waals surface area contributed by atoms with Gasteiger partial charge in [0.15, 0.2) is 0 Å². The van der Waals surface area contributed by atoms with E-state index < -0.39 is 0 Å². The average Bonchev–Trinajstić information content (AvgIpc) is 2.83. The van der Waals surface area contributed by atoms with E-state index >= 15 is 0 Å². The zero-order valence-corrected chi connectivity index (χ0v) is 10.0. The zero-order valence-electron chi connectivity index (χ0n) is 10.0. The molecule has 0 saturated heterocycles. The van der Waals surface area contributed by atoms with E-state index in [1.165, 1.54) is 0 Å². The number of hydrogen-bond donors (Lipinski definition) is 1. The molecule has 0 bridgehead atoms. The van der Waals surface area contributed by atoms with Crippen LogP contribution in [0.4, 0.5) is 5.82 Å². The third-order valence-corrected chi connectivity index (χ3v) is 2.70. The highest BCUT2D eigenvalue weighted by molar-refractivity contribution is 5.76. The number of anilines is 1. The van der Waals surface area contributed by atoms with Crippen LogP contribution in [0.25, 0.3) is 16.7 Å². The van der Waals surface area contributed by atoms with Gasteiger partial charge in [0, 0.05) is 18.8 Å². The standard InChI is InChI=1S/C13H13N5/c1-2-14-13-9-10(7-8-15-13)18-12-6-4-3-5-11(12)16-17-18/h3-9H,2H2,1H3,(H,14,15). The largest absolute Gasteiger partial charge is 0.370 e. The molecule has 0 unspecified atom stereocenters. The Hall–Kier alpha value is -2.43. The number of pyridine rings is 1. The van der Waals surface area contributed by atoms with Gasteiger partial charge in [-0.1, -0.05) is 17.3 Å². The van der Waals surface area contributed by atoms with Crippen molar-refractivity contribution in [3.63, 3.8) is 0 Å². The van der Waals surface area contributed by atoms with Gasteiger partial charge in [-0.3, -0.25) is 0 Å². The Balaban J connectivity index is 2.11. The maximum atomic E-state index is 4.25. The van der Waals surface area contributed by atoms with Crippen molar-refractivity contribution in [2.75, 3.05) is 11.9 Å². The minimum atomic E-state index is 0.842. The molecule has 0 atom stereocenters. The fourth-order valence-corrected chi connectivity index (χ4v) is 1.89. The molecule has 90 valence electrons. The van der Waals surface area contributed by atoms with Gasteiger partial charge in [-0.25, -0.2) is 9.67 Å². The Morgan fingerprint density at radius 3 is 3.00 bits per heavy atom. The molecular formula is C13H13N5. The van der Waals surface area contributed by atoms with Gasteiger partial charge in [-0.2, -0.15) is 0 Å². The number of nitrogens with one attached hydrogen (secondary N) is 1. The number of benzene rings is 1. The van der Waals surface area contributed by atoms with Crippen molar-refractivity contribution < 1.29 is 0 Å². The van der Waals surface area contributed by atoms with Gasteiger partial charge in [0.1, 0.15) is 11.3 Å². The second-order valence-electron chi connectivity index (χ2n) is 3.92. The molecule has 0 radical (unpaired) electrons. The second-order valence-corrected chi connectivity index (χ2v) is 3.92. The van der Waals surface area contributed by atoms with E-state index in [2.05, 4.69) is 20.6 Å². The van der Waals surface area contributed by atoms with Crippen molar-refractivity contribution in [1.29, 1.82) is 0 Å². The van der Waals surface area contributed by atoms with Crippen LogP contribution in [0.15, 0.2) is 42.6 Å². The minimum absolute atomic E-state index is 0.842. The normalized spacial score (nSPS) is 10.7. The van der Waals surface area contributed by atoms with Crippen LogP contribution >= 0.6 is 0 Å². The van der Waals surface area contributed by atoms with Crippen molar-refractivity contribution in [2.24, 2.45) is 0 Å². The van der Waals surface area contributed by atoms with Gasteiger partial charge in [0.2, 0.25) is 0 Å². The van der Waals surface area contributed by atoms with Crippen molar-refractivity contribution >= 4 is 16.9 Å². The molecule has 0 fully saturated rings. The Labute approximate surface area is 104 Å². The third kappa shape index (κ3) is 1.79. The smallest absolute Gasteiger partial charge is 0.128 e. The molecule has 1 aromatic carbocycles. The predicted molar refractivity (Wildman–Crippen MR) is 70.8 cm³/mol. The molecule has 0 spiro atoms. The summed E-state index contributed by atoms with van der Waals surface area (Å²) in [4.78, 5) is 4.25. The summed E-state index contributed by atoms with van der Waals surface area (Å²) in [6, 6.07) is 11.8. The molecule has 0 amide bonds. The summed E-state index contributed by atoms with van der Waals surface area (Å²) < 4.78 is 1.82. The summed E-state index contributed by atoms with van der Waals surface area (Å²) in [6.07, 6.45) is 1.77. The monoisotopic (exact) mass is 239 g/mol. The summed E-state index contributed by atoms with van der Waals surface area (Å²) >= 11 is 0. The molecule has 0 saturated carbocycles. The summed E-state index contributed by atoms with van der Waals surface area (Å²) in [7, 11) is 0. The fraction of sp³-hybridized carbons (Fsp3) is 0.154. The first kappa shape index (κ1) is 10.7. The zero-order chi connectivity index (χ0) is 12.4. The molecule has 5 heteroatoms. The van der Waals surface area contributed by atoms with Gasteiger partial charge in [-0.05, 0) is 25.1 Å². The molecule has 5 nitrogen and oxygen atoms in total. The highest BCUT2D eigenvalue weighted by Crippen LogP contribution is 2.17. The van der Waals surface area contributed by atoms with E-state index in [9.17, 15) is 0 Å². The van der Waals surface area contributed by atoms with E-state index in [4.69, 9.17) is 0 Å². The molecule has 3 rings (SSSR count). The van der Waals surface area contributed by atoms with Crippen LogP contribution in [0.2, 0.25) is 0 Å². The molecular weight excluding hydrogens is 226 g/mol. The molecule has 0 aliphatic carbocycles. The second kappa shape index (κ2) is 4.44. The summed E-state index contributed by atoms with van der Waals surface area (Å²) in [5, 5.41) is 11.5. The Morgan fingerprint density at radius 1 is 1.22 bits per heavy atom. The summed E-state index contributed by atoms with van der Waals surface area (Å²) in [5.74, 6) is 0.842. The maximum Gasteiger partial charge on any atom is 0.128 e. The van der Waals surface area contributed by atoms with Gasteiger partial charge >= 0.3 is 0 Å². The van der Waals surface area contributed by atoms with Crippen LogP contribution < -0.4 is 5.32 Å². The van der Waals surface area contributed by atoms with Crippen LogP contribution in [0, 0.1) is 0 Å². The molecule has 0 aliphatic rings. The third-order valence-electron chi connectivity index (χ3n) is 2.70. The molecule has 2 aromatic heterocycles. The lowest BCUT2D eigenvalue weighted by molar-refractivity contribution is 0.822. The Morgan fingerprint density at radius 2 is 2.11 bits per heavy atom. The lowest BCUT2D eigenvalue weighted by Crippen LogP contribution is -2.02. The summed E-state index contributed by atoms with van der Waals surface area (Å²) in [6.45, 7) is 2.88. The first-order valence-corrected chi connectivity index (χ1v) is 5.89. The topological polar surface area (TPSA) is 55.6 Å². The Bertz CT molecular complexity index is 674. The van der Waals surface area contributed by atoms with E-state index in [1.54, 1.807) is 6.20 Å². The predicted octanol–water partition coefficient (Wildman–Crippen LogP) is 2.25. The van der Waals surface area contributed by atoms with Crippen molar-refractivity contribution in [3.05, 3.63) is 42.6 Å². The van der Waals surface area contributed by atoms with Gasteiger partial charge in [-0.15, -0.1) is 5.10 Å². The highest BCUT2D eigenvalue weighted by Gasteiger charge is 2.06. The summed E-state index contributed by atoms with van der Waals surface area (Å²) in [5.41, 5.74) is 2.83. The van der Waals surface area contributed by atoms with E-state index in [0.717, 1.165) is 29.1 Å². The molecule has 3 aromatic rings. The fourth-order valence-electron chi connectivity index (χ4n) is 1.89. The van der Waals surface area contributed by atoms with E-state index in [0.29, 0.717) is 0 Å². The number of rotatable bonds is 3. The average molecular weight is 239 g/mol. The van der Waals surface area contributed by atoms with Crippen molar-refractivity contribution in [1.82, 2.24) is 20.0 Å². The highest BCUT2D eigenvalue weighted by atomic mass is 15.4. The van der Waals surface area contributed by atoms with Crippen molar-refractivity contribution in [2.45, 2.75) is 6.92 Å². The molecule has 0 aliphatic heterocycles. The quantitative estimate of drug-likeness (QED) is 0.761. The lowest BCUT2D eigenvalue weighted by Gasteiger charge is -2.05. The van der Waals surface area contributed by atoms with Crippen LogP contribution in [-0.2, 0) is 0 Å². The van der Waals surface area contributed by atoms with Crippen LogP contribution in [0.1, 0.15) is 6.92 Å². The first-order valence-electron chi connectivity index (χ1n) is 5.89. The van der Waals surface area contributed by atoms with Gasteiger partial charge in [0.25, 0.3) is 0 Å². The number of para-hydroxylation sites is 1. The maximum absolute atomic E-state index is 4.25. The molecule has 2 heterocycles. The van der Waals surface area contributed by atoms with E-state index in [1.807, 2.05) is 48.0 Å². The number of aromatic nitrogens is 4. The van der Waals surface area contributed by atoms with Crippen LogP contribution in [0.3, 0.4) is 0 Å². The lowest BCUT2D eigenvalue weighted by atomic mass is 10.3. The van der Waals surface area contributed by atoms with Gasteiger partial charge < -0.3 is 5.32 Å². The number of hydrogen-bond acceptors (Lipinski definition) is 4. The van der Waals surface area contributed by atoms with Crippen LogP contribution in [0.5, 0.6) is 0 Å². The number of nitrogens with zero attached hydrogens (tertiary/aromatic N) is 4. The minimum Gasteiger partial charge on any atom is -0.370 e. The number of fused-ring (bicyclic) bond motifs is 1. The molecule has 18 heavy (non-hydrogen) atoms. The first-order chi connectivity index (χ1) is 8.88. The van der Waals surface area contributed by atoms with Crippen LogP contribution in [-0.4, -0.2) is 26.5 Å². The Kier molecular flexibility index (Phi) is 2.64.